The van der Waals surface area contributed by atoms with E-state index in [9.17, 15) is 14.7 Å². The van der Waals surface area contributed by atoms with Gasteiger partial charge in [0.2, 0.25) is 0 Å². The average molecular weight is 849 g/mol. The highest BCUT2D eigenvalue weighted by molar-refractivity contribution is 5.72. The van der Waals surface area contributed by atoms with Gasteiger partial charge in [0.15, 0.2) is 0 Å². The monoisotopic (exact) mass is 849 g/mol. The third-order valence-electron chi connectivity index (χ3n) is 13.2. The van der Waals surface area contributed by atoms with E-state index in [1.165, 1.54) is 128 Å². The zero-order valence-corrected chi connectivity index (χ0v) is 40.7. The van der Waals surface area contributed by atoms with Gasteiger partial charge in [-0.3, -0.25) is 9.59 Å². The van der Waals surface area contributed by atoms with Crippen molar-refractivity contribution < 1.29 is 24.2 Å². The van der Waals surface area contributed by atoms with Crippen LogP contribution >= 0.6 is 0 Å². The number of carbonyl (C=O) groups excluding carboxylic acids is 2. The number of ether oxygens (including phenoxy) is 2. The number of nitrogens with one attached hydrogen (secondary N) is 1. The molecule has 2 N–H and O–H groups in total. The number of esters is 2. The maximum atomic E-state index is 13.2. The standard InChI is InChI=1S/C53H104N2O5/c1-5-9-13-17-21-27-36-48(37-28-22-18-14-10-6-2)52(57)59-44-33-25-31-40-50-46-55(42-35-43-56)47-51(54-50)41-32-26-34-45-60-53(58)49(38-29-23-19-15-11-7-3)39-30-24-20-16-12-8-4/h48-51,54,56H,5-47H2,1-4H3. The van der Waals surface area contributed by atoms with Crippen LogP contribution in [0.15, 0.2) is 0 Å². The molecule has 1 aliphatic heterocycles. The first-order valence-corrected chi connectivity index (χ1v) is 26.9. The molecule has 60 heavy (non-hydrogen) atoms. The second-order valence-electron chi connectivity index (χ2n) is 19.1. The maximum Gasteiger partial charge on any atom is 0.308 e. The molecule has 0 amide bonds. The summed E-state index contributed by atoms with van der Waals surface area (Å²) in [6, 6.07) is 0.917. The minimum Gasteiger partial charge on any atom is -0.465 e. The molecule has 1 heterocycles. The van der Waals surface area contributed by atoms with E-state index >= 15 is 0 Å². The number of rotatable bonds is 45. The number of piperazine rings is 1. The van der Waals surface area contributed by atoms with E-state index in [0.29, 0.717) is 25.3 Å². The van der Waals surface area contributed by atoms with Gasteiger partial charge in [0.1, 0.15) is 0 Å². The van der Waals surface area contributed by atoms with Crippen LogP contribution in [-0.4, -0.2) is 73.5 Å². The minimum absolute atomic E-state index is 0.0581. The van der Waals surface area contributed by atoms with Gasteiger partial charge in [-0.2, -0.15) is 0 Å². The van der Waals surface area contributed by atoms with E-state index in [1.54, 1.807) is 0 Å². The highest BCUT2D eigenvalue weighted by Crippen LogP contribution is 2.23. The summed E-state index contributed by atoms with van der Waals surface area (Å²) in [5.74, 6) is 0.278. The first-order valence-electron chi connectivity index (χ1n) is 26.9. The van der Waals surface area contributed by atoms with Crippen LogP contribution in [0, 0.1) is 11.8 Å². The number of carbonyl (C=O) groups is 2. The van der Waals surface area contributed by atoms with Gasteiger partial charge in [0.25, 0.3) is 0 Å². The molecule has 7 nitrogen and oxygen atoms in total. The molecule has 0 aliphatic carbocycles. The fourth-order valence-corrected chi connectivity index (χ4v) is 9.33. The van der Waals surface area contributed by atoms with Crippen molar-refractivity contribution in [2.24, 2.45) is 11.8 Å². The Morgan fingerprint density at radius 2 is 0.783 bits per heavy atom. The molecule has 0 radical (unpaired) electrons. The lowest BCUT2D eigenvalue weighted by molar-refractivity contribution is -0.150. The summed E-state index contributed by atoms with van der Waals surface area (Å²) < 4.78 is 11.8. The predicted octanol–water partition coefficient (Wildman–Crippen LogP) is 14.5. The number of hydrogen-bond acceptors (Lipinski definition) is 7. The Labute approximate surface area is 373 Å². The Balaban J connectivity index is 2.43. The van der Waals surface area contributed by atoms with Gasteiger partial charge in [-0.15, -0.1) is 0 Å². The lowest BCUT2D eigenvalue weighted by Gasteiger charge is -2.39. The van der Waals surface area contributed by atoms with Crippen LogP contribution in [-0.2, 0) is 19.1 Å². The van der Waals surface area contributed by atoms with Crippen molar-refractivity contribution in [2.45, 2.75) is 277 Å². The lowest BCUT2D eigenvalue weighted by atomic mass is 9.94. The number of unbranched alkanes of at least 4 members (excludes halogenated alkanes) is 24. The van der Waals surface area contributed by atoms with Crippen molar-refractivity contribution in [3.05, 3.63) is 0 Å². The third-order valence-corrected chi connectivity index (χ3v) is 13.2. The minimum atomic E-state index is 0.0581. The van der Waals surface area contributed by atoms with E-state index in [-0.39, 0.29) is 30.4 Å². The molecule has 0 aromatic rings. The molecule has 1 saturated heterocycles. The molecule has 2 unspecified atom stereocenters. The summed E-state index contributed by atoms with van der Waals surface area (Å²) in [6.07, 6.45) is 43.8. The van der Waals surface area contributed by atoms with Gasteiger partial charge in [0, 0.05) is 38.3 Å². The normalized spacial score (nSPS) is 16.0. The van der Waals surface area contributed by atoms with Crippen LogP contribution < -0.4 is 5.32 Å². The Bertz CT molecular complexity index is 833. The first-order chi connectivity index (χ1) is 29.5. The van der Waals surface area contributed by atoms with Gasteiger partial charge >= 0.3 is 11.9 Å². The zero-order chi connectivity index (χ0) is 43.6. The second-order valence-corrected chi connectivity index (χ2v) is 19.1. The van der Waals surface area contributed by atoms with E-state index in [0.717, 1.165) is 129 Å². The van der Waals surface area contributed by atoms with E-state index < -0.39 is 0 Å². The van der Waals surface area contributed by atoms with E-state index in [1.807, 2.05) is 0 Å². The van der Waals surface area contributed by atoms with Crippen LogP contribution in [0.3, 0.4) is 0 Å². The lowest BCUT2D eigenvalue weighted by Crippen LogP contribution is -2.56. The Kier molecular flexibility index (Phi) is 40.8. The average Bonchev–Trinajstić information content (AvgIpc) is 3.25. The molecule has 1 rings (SSSR count). The highest BCUT2D eigenvalue weighted by atomic mass is 16.5. The van der Waals surface area contributed by atoms with E-state index in [2.05, 4.69) is 37.9 Å². The van der Waals surface area contributed by atoms with Crippen LogP contribution in [0.2, 0.25) is 0 Å². The number of nitrogens with zero attached hydrogens (tertiary/aromatic N) is 1. The topological polar surface area (TPSA) is 88.1 Å². The molecule has 1 aliphatic rings. The van der Waals surface area contributed by atoms with Crippen LogP contribution in [0.1, 0.15) is 265 Å². The molecular weight excluding hydrogens is 745 g/mol. The van der Waals surface area contributed by atoms with Crippen molar-refractivity contribution >= 4 is 11.9 Å². The number of aliphatic hydroxyl groups excluding tert-OH is 1. The Morgan fingerprint density at radius 3 is 1.12 bits per heavy atom. The zero-order valence-electron chi connectivity index (χ0n) is 40.7. The molecular formula is C53H104N2O5. The molecule has 0 aromatic carbocycles. The first kappa shape index (κ1) is 56.8. The fraction of sp³-hybridized carbons (Fsp3) is 0.962. The molecule has 0 spiro atoms. The summed E-state index contributed by atoms with van der Waals surface area (Å²) in [7, 11) is 0. The maximum absolute atomic E-state index is 13.2. The molecule has 0 saturated carbocycles. The fourth-order valence-electron chi connectivity index (χ4n) is 9.33. The van der Waals surface area contributed by atoms with Crippen molar-refractivity contribution in [1.29, 1.82) is 0 Å². The smallest absolute Gasteiger partial charge is 0.308 e. The molecule has 1 fully saturated rings. The van der Waals surface area contributed by atoms with Crippen molar-refractivity contribution in [1.82, 2.24) is 10.2 Å². The summed E-state index contributed by atoms with van der Waals surface area (Å²) in [5, 5.41) is 13.5. The third kappa shape index (κ3) is 33.4. The van der Waals surface area contributed by atoms with Gasteiger partial charge in [0.05, 0.1) is 25.0 Å². The SMILES string of the molecule is CCCCCCCCC(CCCCCCCC)C(=O)OCCCCCC1CN(CCCO)CC(CCCCCOC(=O)C(CCCCCCCC)CCCCCCCC)N1. The Hall–Kier alpha value is -1.18. The van der Waals surface area contributed by atoms with Crippen LogP contribution in [0.25, 0.3) is 0 Å². The second kappa shape index (κ2) is 43.1. The quantitative estimate of drug-likeness (QED) is 0.0466. The molecule has 0 aromatic heterocycles. The van der Waals surface area contributed by atoms with Gasteiger partial charge in [-0.1, -0.05) is 207 Å². The van der Waals surface area contributed by atoms with Gasteiger partial charge in [-0.05, 0) is 57.8 Å². The molecule has 356 valence electrons. The van der Waals surface area contributed by atoms with Gasteiger partial charge < -0.3 is 24.8 Å². The van der Waals surface area contributed by atoms with Gasteiger partial charge in [-0.25, -0.2) is 0 Å². The molecule has 7 heteroatoms. The predicted molar refractivity (Wildman–Crippen MR) is 257 cm³/mol. The van der Waals surface area contributed by atoms with Crippen molar-refractivity contribution in [3.63, 3.8) is 0 Å². The summed E-state index contributed by atoms with van der Waals surface area (Å²) in [5.41, 5.74) is 0. The number of aliphatic hydroxyl groups is 1. The van der Waals surface area contributed by atoms with Crippen LogP contribution in [0.5, 0.6) is 0 Å². The van der Waals surface area contributed by atoms with Crippen LogP contribution in [0.4, 0.5) is 0 Å². The molecule has 2 atom stereocenters. The van der Waals surface area contributed by atoms with Crippen molar-refractivity contribution in [3.8, 4) is 0 Å². The Morgan fingerprint density at radius 1 is 0.467 bits per heavy atom. The largest absolute Gasteiger partial charge is 0.465 e. The number of hydrogen-bond donors (Lipinski definition) is 2. The highest BCUT2D eigenvalue weighted by Gasteiger charge is 2.26. The summed E-state index contributed by atoms with van der Waals surface area (Å²) in [6.45, 7) is 13.4. The van der Waals surface area contributed by atoms with Crippen molar-refractivity contribution in [2.75, 3.05) is 39.5 Å². The van der Waals surface area contributed by atoms with E-state index in [4.69, 9.17) is 9.47 Å². The molecule has 0 bridgehead atoms. The summed E-state index contributed by atoms with van der Waals surface area (Å²) in [4.78, 5) is 28.9. The summed E-state index contributed by atoms with van der Waals surface area (Å²) >= 11 is 0.